The van der Waals surface area contributed by atoms with E-state index < -0.39 is 0 Å². The van der Waals surface area contributed by atoms with Crippen LogP contribution in [-0.2, 0) is 11.3 Å². The van der Waals surface area contributed by atoms with Gasteiger partial charge in [0.05, 0.1) is 12.6 Å². The van der Waals surface area contributed by atoms with Crippen molar-refractivity contribution in [2.24, 2.45) is 0 Å². The van der Waals surface area contributed by atoms with Gasteiger partial charge in [0.25, 0.3) is 0 Å². The summed E-state index contributed by atoms with van der Waals surface area (Å²) in [6.07, 6.45) is 4.39. The maximum atomic E-state index is 9.83. The first kappa shape index (κ1) is 18.3. The average Bonchev–Trinajstić information content (AvgIpc) is 3.03. The van der Waals surface area contributed by atoms with Crippen molar-refractivity contribution in [2.45, 2.75) is 25.1 Å². The van der Waals surface area contributed by atoms with Crippen molar-refractivity contribution in [3.63, 3.8) is 0 Å². The zero-order valence-corrected chi connectivity index (χ0v) is 15.5. The highest BCUT2D eigenvalue weighted by Gasteiger charge is 2.33. The number of aromatic nitrogens is 3. The molecular weight excluding hydrogens is 332 g/mol. The summed E-state index contributed by atoms with van der Waals surface area (Å²) < 4.78 is 5.57. The lowest BCUT2D eigenvalue weighted by atomic mass is 10.2. The van der Waals surface area contributed by atoms with E-state index >= 15 is 0 Å². The molecule has 0 amide bonds. The number of hydrogen-bond donors (Lipinski definition) is 2. The molecule has 2 N–H and O–H groups in total. The molecule has 1 aliphatic heterocycles. The molecule has 0 unspecified atom stereocenters. The Hall–Kier alpha value is -2.45. The SMILES string of the molecule is CO[C@H]1C[C@@H](CN(C)C)N(c2cc(NCc3ncccc3O)ncn2)C1. The Kier molecular flexibility index (Phi) is 5.85. The van der Waals surface area contributed by atoms with Gasteiger partial charge >= 0.3 is 0 Å². The normalized spacial score (nSPS) is 19.9. The summed E-state index contributed by atoms with van der Waals surface area (Å²) in [4.78, 5) is 17.4. The molecule has 2 aromatic heterocycles. The Balaban J connectivity index is 1.72. The summed E-state index contributed by atoms with van der Waals surface area (Å²) >= 11 is 0. The van der Waals surface area contributed by atoms with E-state index in [1.807, 2.05) is 6.07 Å². The van der Waals surface area contributed by atoms with Gasteiger partial charge in [-0.25, -0.2) is 9.97 Å². The van der Waals surface area contributed by atoms with Gasteiger partial charge < -0.3 is 25.0 Å². The van der Waals surface area contributed by atoms with Crippen molar-refractivity contribution in [3.8, 4) is 5.75 Å². The second kappa shape index (κ2) is 8.29. The average molecular weight is 358 g/mol. The topological polar surface area (TPSA) is 86.6 Å². The fourth-order valence-electron chi connectivity index (χ4n) is 3.26. The van der Waals surface area contributed by atoms with Crippen LogP contribution in [0, 0.1) is 0 Å². The number of aromatic hydroxyl groups is 1. The number of nitrogens with zero attached hydrogens (tertiary/aromatic N) is 5. The number of anilines is 2. The first-order valence-electron chi connectivity index (χ1n) is 8.69. The summed E-state index contributed by atoms with van der Waals surface area (Å²) in [5, 5.41) is 13.0. The molecule has 0 aliphatic carbocycles. The standard InChI is InChI=1S/C18H26N6O2/c1-23(2)10-13-7-14(26-3)11-24(13)18-8-17(21-12-22-18)20-9-15-16(25)5-4-6-19-15/h4-6,8,12-14,25H,7,9-11H2,1-3H3,(H,20,21,22)/t13-,14-/m0/s1. The van der Waals surface area contributed by atoms with Gasteiger partial charge in [-0.15, -0.1) is 0 Å². The predicted molar refractivity (Wildman–Crippen MR) is 100 cm³/mol. The predicted octanol–water partition coefficient (Wildman–Crippen LogP) is 1.34. The molecule has 2 aromatic rings. The third-order valence-corrected chi connectivity index (χ3v) is 4.54. The molecule has 140 valence electrons. The third-order valence-electron chi connectivity index (χ3n) is 4.54. The van der Waals surface area contributed by atoms with Gasteiger partial charge in [0.2, 0.25) is 0 Å². The van der Waals surface area contributed by atoms with Crippen LogP contribution in [0.1, 0.15) is 12.1 Å². The molecular formula is C18H26N6O2. The molecule has 1 saturated heterocycles. The lowest BCUT2D eigenvalue weighted by Crippen LogP contribution is -2.38. The Morgan fingerprint density at radius 2 is 2.19 bits per heavy atom. The quantitative estimate of drug-likeness (QED) is 0.767. The van der Waals surface area contributed by atoms with Gasteiger partial charge in [-0.2, -0.15) is 0 Å². The molecule has 0 spiro atoms. The van der Waals surface area contributed by atoms with E-state index in [9.17, 15) is 5.11 Å². The fraction of sp³-hybridized carbons (Fsp3) is 0.500. The largest absolute Gasteiger partial charge is 0.506 e. The summed E-state index contributed by atoms with van der Waals surface area (Å²) in [5.41, 5.74) is 0.582. The van der Waals surface area contributed by atoms with Crippen LogP contribution in [0.15, 0.2) is 30.7 Å². The van der Waals surface area contributed by atoms with E-state index in [0.29, 0.717) is 24.1 Å². The van der Waals surface area contributed by atoms with E-state index in [-0.39, 0.29) is 11.9 Å². The van der Waals surface area contributed by atoms with Crippen LogP contribution in [-0.4, -0.2) is 71.4 Å². The van der Waals surface area contributed by atoms with Gasteiger partial charge in [-0.05, 0) is 32.6 Å². The highest BCUT2D eigenvalue weighted by molar-refractivity contribution is 5.50. The Morgan fingerprint density at radius 3 is 2.92 bits per heavy atom. The number of nitrogens with one attached hydrogen (secondary N) is 1. The fourth-order valence-corrected chi connectivity index (χ4v) is 3.26. The van der Waals surface area contributed by atoms with E-state index in [1.54, 1.807) is 31.8 Å². The van der Waals surface area contributed by atoms with Crippen LogP contribution >= 0.6 is 0 Å². The van der Waals surface area contributed by atoms with Crippen molar-refractivity contribution >= 4 is 11.6 Å². The van der Waals surface area contributed by atoms with Gasteiger partial charge in [0.15, 0.2) is 0 Å². The highest BCUT2D eigenvalue weighted by Crippen LogP contribution is 2.27. The van der Waals surface area contributed by atoms with Crippen LogP contribution < -0.4 is 10.2 Å². The van der Waals surface area contributed by atoms with Crippen molar-refractivity contribution in [2.75, 3.05) is 44.5 Å². The monoisotopic (exact) mass is 358 g/mol. The molecule has 8 heteroatoms. The lowest BCUT2D eigenvalue weighted by Gasteiger charge is -2.27. The molecule has 3 rings (SSSR count). The molecule has 0 saturated carbocycles. The summed E-state index contributed by atoms with van der Waals surface area (Å²) in [7, 11) is 5.91. The molecule has 0 aromatic carbocycles. The maximum absolute atomic E-state index is 9.83. The minimum absolute atomic E-state index is 0.169. The number of ether oxygens (including phenoxy) is 1. The van der Waals surface area contributed by atoms with Crippen molar-refractivity contribution < 1.29 is 9.84 Å². The third kappa shape index (κ3) is 4.39. The Morgan fingerprint density at radius 1 is 1.35 bits per heavy atom. The zero-order chi connectivity index (χ0) is 18.5. The molecule has 0 bridgehead atoms. The summed E-state index contributed by atoms with van der Waals surface area (Å²) in [6, 6.07) is 5.60. The van der Waals surface area contributed by atoms with E-state index in [4.69, 9.17) is 4.74 Å². The van der Waals surface area contributed by atoms with Gasteiger partial charge in [-0.3, -0.25) is 4.98 Å². The second-order valence-electron chi connectivity index (χ2n) is 6.75. The molecule has 26 heavy (non-hydrogen) atoms. The molecule has 1 fully saturated rings. The van der Waals surface area contributed by atoms with Crippen LogP contribution in [0.2, 0.25) is 0 Å². The number of methoxy groups -OCH3 is 1. The second-order valence-corrected chi connectivity index (χ2v) is 6.75. The number of rotatable bonds is 7. The Bertz CT molecular complexity index is 726. The van der Waals surface area contributed by atoms with E-state index in [2.05, 4.69) is 44.2 Å². The zero-order valence-electron chi connectivity index (χ0n) is 15.5. The molecule has 1 aliphatic rings. The lowest BCUT2D eigenvalue weighted by molar-refractivity contribution is 0.117. The minimum Gasteiger partial charge on any atom is -0.506 e. The number of pyridine rings is 1. The van der Waals surface area contributed by atoms with E-state index in [0.717, 1.165) is 25.3 Å². The van der Waals surface area contributed by atoms with Crippen molar-refractivity contribution in [3.05, 3.63) is 36.4 Å². The summed E-state index contributed by atoms with van der Waals surface area (Å²) in [5.74, 6) is 1.74. The maximum Gasteiger partial charge on any atom is 0.138 e. The smallest absolute Gasteiger partial charge is 0.138 e. The first-order valence-corrected chi connectivity index (χ1v) is 8.69. The van der Waals surface area contributed by atoms with Crippen LogP contribution in [0.4, 0.5) is 11.6 Å². The first-order chi connectivity index (χ1) is 12.6. The van der Waals surface area contributed by atoms with Gasteiger partial charge in [0, 0.05) is 38.5 Å². The van der Waals surface area contributed by atoms with Gasteiger partial charge in [-0.1, -0.05) is 0 Å². The molecule has 3 heterocycles. The molecule has 8 nitrogen and oxygen atoms in total. The van der Waals surface area contributed by atoms with Crippen LogP contribution in [0.3, 0.4) is 0 Å². The minimum atomic E-state index is 0.169. The molecule has 0 radical (unpaired) electrons. The van der Waals surface area contributed by atoms with Crippen molar-refractivity contribution in [1.29, 1.82) is 0 Å². The number of likely N-dealkylation sites (N-methyl/N-ethyl adjacent to an activating group) is 1. The van der Waals surface area contributed by atoms with Gasteiger partial charge in [0.1, 0.15) is 29.4 Å². The molecule has 2 atom stereocenters. The van der Waals surface area contributed by atoms with E-state index in [1.165, 1.54) is 0 Å². The summed E-state index contributed by atoms with van der Waals surface area (Å²) in [6.45, 7) is 2.14. The highest BCUT2D eigenvalue weighted by atomic mass is 16.5. The Labute approximate surface area is 153 Å². The number of hydrogen-bond acceptors (Lipinski definition) is 8. The van der Waals surface area contributed by atoms with Crippen LogP contribution in [0.5, 0.6) is 5.75 Å². The van der Waals surface area contributed by atoms with Crippen LogP contribution in [0.25, 0.3) is 0 Å². The van der Waals surface area contributed by atoms with Crippen molar-refractivity contribution in [1.82, 2.24) is 19.9 Å².